The van der Waals surface area contributed by atoms with E-state index in [0.29, 0.717) is 5.13 Å². The van der Waals surface area contributed by atoms with Crippen LogP contribution >= 0.6 is 11.3 Å². The Morgan fingerprint density at radius 1 is 1.03 bits per heavy atom. The molecule has 0 aliphatic rings. The number of anilines is 1. The fourth-order valence-electron chi connectivity index (χ4n) is 4.40. The number of amides is 2. The van der Waals surface area contributed by atoms with Crippen LogP contribution in [0, 0.1) is 0 Å². The molecule has 0 radical (unpaired) electrons. The lowest BCUT2D eigenvalue weighted by atomic mass is 10.2. The minimum absolute atomic E-state index is 0.424. The third-order valence-corrected chi connectivity index (χ3v) is 7.29. The zero-order valence-corrected chi connectivity index (χ0v) is 21.8. The molecule has 0 fully saturated rings. The smallest absolute Gasteiger partial charge is 0.341 e. The lowest BCUT2D eigenvalue weighted by Gasteiger charge is -2.17. The van der Waals surface area contributed by atoms with Crippen molar-refractivity contribution in [2.24, 2.45) is 5.10 Å². The van der Waals surface area contributed by atoms with Gasteiger partial charge in [0.15, 0.2) is 5.13 Å². The number of benzene rings is 3. The third kappa shape index (κ3) is 5.87. The van der Waals surface area contributed by atoms with Crippen molar-refractivity contribution in [3.05, 3.63) is 95.7 Å². The van der Waals surface area contributed by atoms with Gasteiger partial charge < -0.3 is 4.57 Å². The highest BCUT2D eigenvalue weighted by Gasteiger charge is 2.10. The molecule has 0 aliphatic carbocycles. The summed E-state index contributed by atoms with van der Waals surface area (Å²) in [6.45, 7) is 8.02. The summed E-state index contributed by atoms with van der Waals surface area (Å²) in [6, 6.07) is 24.4. The van der Waals surface area contributed by atoms with E-state index in [-0.39, 0.29) is 0 Å². The van der Waals surface area contributed by atoms with Crippen LogP contribution in [0.5, 0.6) is 0 Å². The van der Waals surface area contributed by atoms with Crippen LogP contribution in [-0.4, -0.2) is 39.8 Å². The average Bonchev–Trinajstić information content (AvgIpc) is 3.48. The molecule has 0 bridgehead atoms. The van der Waals surface area contributed by atoms with Crippen molar-refractivity contribution in [2.45, 2.75) is 26.9 Å². The van der Waals surface area contributed by atoms with Crippen molar-refractivity contribution in [3.63, 3.8) is 0 Å². The molecule has 5 rings (SSSR count). The summed E-state index contributed by atoms with van der Waals surface area (Å²) in [6.07, 6.45) is 3.74. The standard InChI is InChI=1S/C29H30N6OS/c1-3-34(4-2)18-22-14-15-25-27(16-22)37-29(31-25)32-28(36)33-30-17-23-20-35(19-21-10-6-5-7-11-21)26-13-9-8-12-24(23)26/h5-17,20H,3-4,18-19H2,1-2H3,(H2,31,32,33,36)/b30-17+. The molecule has 8 heteroatoms. The highest BCUT2D eigenvalue weighted by molar-refractivity contribution is 7.22. The molecule has 0 atom stereocenters. The largest absolute Gasteiger partial charge is 0.342 e. The van der Waals surface area contributed by atoms with E-state index in [9.17, 15) is 4.79 Å². The number of aromatic nitrogens is 2. The number of carbonyl (C=O) groups excluding carboxylic acids is 1. The van der Waals surface area contributed by atoms with Crippen molar-refractivity contribution in [1.82, 2.24) is 19.9 Å². The second-order valence-electron chi connectivity index (χ2n) is 8.82. The van der Waals surface area contributed by atoms with Crippen molar-refractivity contribution in [2.75, 3.05) is 18.4 Å². The lowest BCUT2D eigenvalue weighted by Crippen LogP contribution is -2.24. The van der Waals surface area contributed by atoms with Gasteiger partial charge in [0.05, 0.1) is 16.4 Å². The van der Waals surface area contributed by atoms with E-state index in [1.54, 1.807) is 6.21 Å². The molecule has 5 aromatic rings. The molecule has 0 spiro atoms. The zero-order valence-electron chi connectivity index (χ0n) is 21.0. The summed E-state index contributed by atoms with van der Waals surface area (Å²) >= 11 is 1.46. The van der Waals surface area contributed by atoms with Gasteiger partial charge in [0.25, 0.3) is 0 Å². The Morgan fingerprint density at radius 2 is 1.81 bits per heavy atom. The van der Waals surface area contributed by atoms with E-state index in [4.69, 9.17) is 0 Å². The number of carbonyl (C=O) groups is 1. The molecule has 0 aliphatic heterocycles. The number of para-hydroxylation sites is 1. The Bertz CT molecular complexity index is 1530. The molecular weight excluding hydrogens is 480 g/mol. The van der Waals surface area contributed by atoms with E-state index in [2.05, 4.69) is 86.7 Å². The van der Waals surface area contributed by atoms with Gasteiger partial charge in [-0.15, -0.1) is 0 Å². The second-order valence-corrected chi connectivity index (χ2v) is 9.85. The molecule has 2 aromatic heterocycles. The van der Waals surface area contributed by atoms with Gasteiger partial charge in [0.1, 0.15) is 0 Å². The van der Waals surface area contributed by atoms with Gasteiger partial charge in [-0.1, -0.05) is 79.8 Å². The second kappa shape index (κ2) is 11.4. The van der Waals surface area contributed by atoms with Gasteiger partial charge in [0.2, 0.25) is 0 Å². The first-order chi connectivity index (χ1) is 18.1. The van der Waals surface area contributed by atoms with Gasteiger partial charge in [-0.05, 0) is 42.4 Å². The molecule has 0 saturated heterocycles. The van der Waals surface area contributed by atoms with E-state index >= 15 is 0 Å². The van der Waals surface area contributed by atoms with Crippen LogP contribution in [0.4, 0.5) is 9.93 Å². The van der Waals surface area contributed by atoms with Crippen molar-refractivity contribution in [3.8, 4) is 0 Å². The molecule has 2 heterocycles. The molecule has 3 aromatic carbocycles. The monoisotopic (exact) mass is 510 g/mol. The molecular formula is C29H30N6OS. The highest BCUT2D eigenvalue weighted by Crippen LogP contribution is 2.27. The average molecular weight is 511 g/mol. The highest BCUT2D eigenvalue weighted by atomic mass is 32.1. The van der Waals surface area contributed by atoms with E-state index in [1.165, 1.54) is 22.5 Å². The van der Waals surface area contributed by atoms with Crippen LogP contribution in [0.3, 0.4) is 0 Å². The number of rotatable bonds is 9. The number of nitrogens with one attached hydrogen (secondary N) is 2. The minimum Gasteiger partial charge on any atom is -0.342 e. The Labute approximate surface area is 220 Å². The molecule has 0 saturated carbocycles. The topological polar surface area (TPSA) is 74.6 Å². The first kappa shape index (κ1) is 24.7. The fraction of sp³-hybridized carbons (Fsp3) is 0.207. The predicted octanol–water partition coefficient (Wildman–Crippen LogP) is 6.30. The quantitative estimate of drug-likeness (QED) is 0.181. The van der Waals surface area contributed by atoms with Gasteiger partial charge in [-0.3, -0.25) is 10.2 Å². The summed E-state index contributed by atoms with van der Waals surface area (Å²) in [7, 11) is 0. The third-order valence-electron chi connectivity index (χ3n) is 6.36. The van der Waals surface area contributed by atoms with Crippen LogP contribution in [0.15, 0.2) is 84.1 Å². The molecule has 7 nitrogen and oxygen atoms in total. The van der Waals surface area contributed by atoms with Crippen molar-refractivity contribution < 1.29 is 4.79 Å². The minimum atomic E-state index is -0.424. The molecule has 2 amide bonds. The SMILES string of the molecule is CCN(CC)Cc1ccc2nc(NC(=O)N/N=C/c3cn(Cc4ccccc4)c4ccccc34)sc2c1. The summed E-state index contributed by atoms with van der Waals surface area (Å²) in [5.74, 6) is 0. The summed E-state index contributed by atoms with van der Waals surface area (Å²) in [4.78, 5) is 19.4. The first-order valence-corrected chi connectivity index (χ1v) is 13.3. The number of hydrazone groups is 1. The van der Waals surface area contributed by atoms with Gasteiger partial charge >= 0.3 is 6.03 Å². The van der Waals surface area contributed by atoms with E-state index in [0.717, 1.165) is 52.9 Å². The normalized spacial score (nSPS) is 11.6. The summed E-state index contributed by atoms with van der Waals surface area (Å²) < 4.78 is 3.25. The van der Waals surface area contributed by atoms with E-state index < -0.39 is 6.03 Å². The number of thiazole rings is 1. The van der Waals surface area contributed by atoms with Gasteiger partial charge in [-0.2, -0.15) is 5.10 Å². The maximum absolute atomic E-state index is 12.5. The number of hydrogen-bond acceptors (Lipinski definition) is 5. The maximum Gasteiger partial charge on any atom is 0.341 e. The van der Waals surface area contributed by atoms with Crippen molar-refractivity contribution >= 4 is 49.8 Å². The fourth-order valence-corrected chi connectivity index (χ4v) is 5.33. The Balaban J connectivity index is 1.25. The predicted molar refractivity (Wildman–Crippen MR) is 153 cm³/mol. The molecule has 37 heavy (non-hydrogen) atoms. The lowest BCUT2D eigenvalue weighted by molar-refractivity contribution is 0.252. The van der Waals surface area contributed by atoms with Crippen LogP contribution < -0.4 is 10.7 Å². The molecule has 0 unspecified atom stereocenters. The molecule has 2 N–H and O–H groups in total. The molecule has 188 valence electrons. The summed E-state index contributed by atoms with van der Waals surface area (Å²) in [5, 5.41) is 8.63. The number of hydrogen-bond donors (Lipinski definition) is 2. The number of nitrogens with zero attached hydrogens (tertiary/aromatic N) is 4. The number of urea groups is 1. The Hall–Kier alpha value is -4.01. The van der Waals surface area contributed by atoms with Crippen LogP contribution in [0.2, 0.25) is 0 Å². The van der Waals surface area contributed by atoms with Crippen LogP contribution in [0.1, 0.15) is 30.5 Å². The van der Waals surface area contributed by atoms with Gasteiger partial charge in [0, 0.05) is 35.8 Å². The Morgan fingerprint density at radius 3 is 2.62 bits per heavy atom. The van der Waals surface area contributed by atoms with Crippen LogP contribution in [-0.2, 0) is 13.1 Å². The maximum atomic E-state index is 12.5. The Kier molecular flexibility index (Phi) is 7.58. The van der Waals surface area contributed by atoms with Gasteiger partial charge in [-0.25, -0.2) is 15.2 Å². The summed E-state index contributed by atoms with van der Waals surface area (Å²) in [5.41, 5.74) is 7.96. The first-order valence-electron chi connectivity index (χ1n) is 12.5. The number of fused-ring (bicyclic) bond motifs is 2. The van der Waals surface area contributed by atoms with Crippen LogP contribution in [0.25, 0.3) is 21.1 Å². The van der Waals surface area contributed by atoms with Crippen molar-refractivity contribution in [1.29, 1.82) is 0 Å². The van der Waals surface area contributed by atoms with E-state index in [1.807, 2.05) is 36.4 Å². The zero-order chi connectivity index (χ0) is 25.6.